The van der Waals surface area contributed by atoms with Crippen molar-refractivity contribution in [1.29, 1.82) is 0 Å². The fourth-order valence-electron chi connectivity index (χ4n) is 2.21. The monoisotopic (exact) mass is 303 g/mol. The Balaban J connectivity index is 1.93. The fraction of sp³-hybridized carbons (Fsp3) is 0.375. The predicted molar refractivity (Wildman–Crippen MR) is 87.7 cm³/mol. The zero-order valence-corrected chi connectivity index (χ0v) is 13.3. The molecule has 0 aliphatic heterocycles. The summed E-state index contributed by atoms with van der Waals surface area (Å²) in [7, 11) is 0. The van der Waals surface area contributed by atoms with E-state index in [1.165, 1.54) is 0 Å². The molecule has 0 bridgehead atoms. The van der Waals surface area contributed by atoms with Gasteiger partial charge in [-0.1, -0.05) is 6.07 Å². The third-order valence-corrected chi connectivity index (χ3v) is 4.00. The third kappa shape index (κ3) is 4.95. The van der Waals surface area contributed by atoms with Crippen LogP contribution in [0.4, 0.5) is 5.69 Å². The number of amides is 1. The smallest absolute Gasteiger partial charge is 0.230 e. The predicted octanol–water partition coefficient (Wildman–Crippen LogP) is 2.83. The Morgan fingerprint density at radius 2 is 2.00 bits per heavy atom. The van der Waals surface area contributed by atoms with Crippen molar-refractivity contribution in [3.8, 4) is 0 Å². The van der Waals surface area contributed by atoms with Gasteiger partial charge in [-0.15, -0.1) is 11.3 Å². The first-order valence-corrected chi connectivity index (χ1v) is 7.96. The van der Waals surface area contributed by atoms with E-state index in [2.05, 4.69) is 16.4 Å². The van der Waals surface area contributed by atoms with Crippen LogP contribution < -0.4 is 11.1 Å². The summed E-state index contributed by atoms with van der Waals surface area (Å²) in [5, 5.41) is 5.93. The summed E-state index contributed by atoms with van der Waals surface area (Å²) >= 11 is 1.60. The van der Waals surface area contributed by atoms with Crippen molar-refractivity contribution in [2.24, 2.45) is 5.73 Å². The zero-order chi connectivity index (χ0) is 15.2. The van der Waals surface area contributed by atoms with Crippen molar-refractivity contribution in [3.05, 3.63) is 45.4 Å². The van der Waals surface area contributed by atoms with E-state index in [1.807, 2.05) is 31.4 Å². The number of nitrogens with zero attached hydrogens (tertiary/aromatic N) is 1. The molecule has 1 aromatic carbocycles. The third-order valence-electron chi connectivity index (χ3n) is 3.04. The normalized spacial score (nSPS) is 10.6. The lowest BCUT2D eigenvalue weighted by molar-refractivity contribution is -0.115. The van der Waals surface area contributed by atoms with Gasteiger partial charge in [-0.25, -0.2) is 4.98 Å². The van der Waals surface area contributed by atoms with Gasteiger partial charge in [0.2, 0.25) is 5.91 Å². The quantitative estimate of drug-likeness (QED) is 0.862. The molecule has 1 aromatic heterocycles. The Kier molecular flexibility index (Phi) is 5.47. The molecule has 2 rings (SSSR count). The van der Waals surface area contributed by atoms with Crippen LogP contribution >= 0.6 is 11.3 Å². The Morgan fingerprint density at radius 1 is 1.29 bits per heavy atom. The van der Waals surface area contributed by atoms with Crippen LogP contribution in [0.2, 0.25) is 0 Å². The van der Waals surface area contributed by atoms with Crippen LogP contribution in [0.5, 0.6) is 0 Å². The number of thiazole rings is 1. The molecule has 0 spiro atoms. The number of nitrogens with two attached hydrogens (primary N) is 1. The molecule has 2 aromatic rings. The first-order chi connectivity index (χ1) is 10.1. The Bertz CT molecular complexity index is 601. The highest BCUT2D eigenvalue weighted by Gasteiger charge is 2.08. The van der Waals surface area contributed by atoms with E-state index >= 15 is 0 Å². The Labute approximate surface area is 129 Å². The van der Waals surface area contributed by atoms with Gasteiger partial charge in [0.1, 0.15) is 0 Å². The van der Waals surface area contributed by atoms with E-state index in [0.29, 0.717) is 13.0 Å². The summed E-state index contributed by atoms with van der Waals surface area (Å²) in [4.78, 5) is 16.5. The number of carbonyl (C=O) groups is 1. The van der Waals surface area contributed by atoms with Crippen molar-refractivity contribution >= 4 is 22.9 Å². The number of nitrogens with one attached hydrogen (secondary N) is 1. The lowest BCUT2D eigenvalue weighted by Crippen LogP contribution is -2.14. The van der Waals surface area contributed by atoms with Crippen molar-refractivity contribution in [3.63, 3.8) is 0 Å². The first-order valence-electron chi connectivity index (χ1n) is 7.08. The van der Waals surface area contributed by atoms with E-state index in [0.717, 1.165) is 40.4 Å². The maximum Gasteiger partial charge on any atom is 0.230 e. The highest BCUT2D eigenvalue weighted by Crippen LogP contribution is 2.15. The number of hydrogen-bond acceptors (Lipinski definition) is 4. The van der Waals surface area contributed by atoms with Gasteiger partial charge < -0.3 is 11.1 Å². The molecule has 1 amide bonds. The molecule has 0 atom stereocenters. The van der Waals surface area contributed by atoms with Gasteiger partial charge >= 0.3 is 0 Å². The molecule has 0 fully saturated rings. The van der Waals surface area contributed by atoms with Crippen LogP contribution in [0.3, 0.4) is 0 Å². The van der Waals surface area contributed by atoms with Gasteiger partial charge in [0, 0.05) is 17.5 Å². The minimum absolute atomic E-state index is 0.0318. The lowest BCUT2D eigenvalue weighted by atomic mass is 10.1. The molecular weight excluding hydrogens is 282 g/mol. The van der Waals surface area contributed by atoms with Crippen LogP contribution in [-0.4, -0.2) is 17.4 Å². The van der Waals surface area contributed by atoms with Gasteiger partial charge in [0.15, 0.2) is 0 Å². The number of benzene rings is 1. The number of rotatable bonds is 6. The summed E-state index contributed by atoms with van der Waals surface area (Å²) < 4.78 is 0. The zero-order valence-electron chi connectivity index (χ0n) is 12.5. The van der Waals surface area contributed by atoms with Gasteiger partial charge in [-0.3, -0.25) is 4.79 Å². The summed E-state index contributed by atoms with van der Waals surface area (Å²) in [6, 6.07) is 6.02. The average molecular weight is 303 g/mol. The molecule has 5 heteroatoms. The maximum absolute atomic E-state index is 12.1. The molecule has 0 saturated carbocycles. The van der Waals surface area contributed by atoms with Crippen molar-refractivity contribution in [1.82, 2.24) is 4.98 Å². The van der Waals surface area contributed by atoms with E-state index < -0.39 is 0 Å². The van der Waals surface area contributed by atoms with Gasteiger partial charge in [-0.05, 0) is 50.1 Å². The standard InChI is InChI=1S/C16H21N3OS/c1-11-6-12(2)8-13(7-11)18-15(20)9-14-10-21-16(19-14)4-3-5-17/h6-8,10H,3-5,9,17H2,1-2H3,(H,18,20). The van der Waals surface area contributed by atoms with E-state index in [-0.39, 0.29) is 5.91 Å². The molecule has 0 aliphatic carbocycles. The molecule has 0 saturated heterocycles. The molecule has 4 nitrogen and oxygen atoms in total. The topological polar surface area (TPSA) is 68.0 Å². The van der Waals surface area contributed by atoms with Crippen LogP contribution in [0.15, 0.2) is 23.6 Å². The Hall–Kier alpha value is -1.72. The van der Waals surface area contributed by atoms with Crippen LogP contribution in [0.25, 0.3) is 0 Å². The molecule has 3 N–H and O–H groups in total. The van der Waals surface area contributed by atoms with E-state index in [1.54, 1.807) is 11.3 Å². The SMILES string of the molecule is Cc1cc(C)cc(NC(=O)Cc2csc(CCCN)n2)c1. The summed E-state index contributed by atoms with van der Waals surface area (Å²) in [5.74, 6) is -0.0318. The second-order valence-corrected chi connectivity index (χ2v) is 6.17. The highest BCUT2D eigenvalue weighted by molar-refractivity contribution is 7.09. The number of hydrogen-bond donors (Lipinski definition) is 2. The maximum atomic E-state index is 12.1. The molecule has 0 aliphatic rings. The van der Waals surface area contributed by atoms with Gasteiger partial charge in [0.25, 0.3) is 0 Å². The summed E-state index contributed by atoms with van der Waals surface area (Å²) in [6.45, 7) is 4.71. The second kappa shape index (κ2) is 7.33. The summed E-state index contributed by atoms with van der Waals surface area (Å²) in [5.41, 5.74) is 9.44. The number of aryl methyl sites for hydroxylation is 3. The van der Waals surface area contributed by atoms with Crippen molar-refractivity contribution in [2.75, 3.05) is 11.9 Å². The molecule has 0 unspecified atom stereocenters. The molecule has 112 valence electrons. The first kappa shape index (κ1) is 15.7. The van der Waals surface area contributed by atoms with E-state index in [4.69, 9.17) is 5.73 Å². The van der Waals surface area contributed by atoms with Crippen LogP contribution in [0, 0.1) is 13.8 Å². The fourth-order valence-corrected chi connectivity index (χ4v) is 3.06. The minimum atomic E-state index is -0.0318. The molecule has 21 heavy (non-hydrogen) atoms. The van der Waals surface area contributed by atoms with Crippen molar-refractivity contribution < 1.29 is 4.79 Å². The lowest BCUT2D eigenvalue weighted by Gasteiger charge is -2.06. The molecular formula is C16H21N3OS. The largest absolute Gasteiger partial charge is 0.330 e. The van der Waals surface area contributed by atoms with Gasteiger partial charge in [-0.2, -0.15) is 0 Å². The number of carbonyl (C=O) groups excluding carboxylic acids is 1. The van der Waals surface area contributed by atoms with Gasteiger partial charge in [0.05, 0.1) is 17.1 Å². The Morgan fingerprint density at radius 3 is 2.67 bits per heavy atom. The average Bonchev–Trinajstić information content (AvgIpc) is 2.82. The molecule has 0 radical (unpaired) electrons. The van der Waals surface area contributed by atoms with Crippen LogP contribution in [0.1, 0.15) is 28.2 Å². The second-order valence-electron chi connectivity index (χ2n) is 5.23. The van der Waals surface area contributed by atoms with Crippen LogP contribution in [-0.2, 0) is 17.6 Å². The van der Waals surface area contributed by atoms with Crippen molar-refractivity contribution in [2.45, 2.75) is 33.1 Å². The number of anilines is 1. The summed E-state index contributed by atoms with van der Waals surface area (Å²) in [6.07, 6.45) is 2.13. The number of aromatic nitrogens is 1. The highest BCUT2D eigenvalue weighted by atomic mass is 32.1. The van der Waals surface area contributed by atoms with E-state index in [9.17, 15) is 4.79 Å². The molecule has 1 heterocycles. The minimum Gasteiger partial charge on any atom is -0.330 e.